The molecule has 2 heterocycles. The van der Waals surface area contributed by atoms with E-state index in [4.69, 9.17) is 9.47 Å². The number of hydrogen-bond donors (Lipinski definition) is 2. The standard InChI is InChI=1S/C23H21BrN2O4/c1-13(27)29-19-7-3-5-15-9-11-17(25-22(15)19)21(24)18-12-10-16-6-4-8-20(23(16)26-18)30-14(2)28/h3-12,17,21,23,25-26H,1-2H3. The number of allylic oxidation sites excluding steroid dienone is 4. The van der Waals surface area contributed by atoms with E-state index in [1.54, 1.807) is 12.1 Å². The van der Waals surface area contributed by atoms with Crippen LogP contribution >= 0.6 is 15.9 Å². The summed E-state index contributed by atoms with van der Waals surface area (Å²) >= 11 is 3.79. The first-order valence-corrected chi connectivity index (χ1v) is 10.5. The van der Waals surface area contributed by atoms with Crippen LogP contribution < -0.4 is 15.4 Å². The van der Waals surface area contributed by atoms with Crippen molar-refractivity contribution in [3.05, 3.63) is 77.2 Å². The molecule has 0 radical (unpaired) electrons. The van der Waals surface area contributed by atoms with Crippen LogP contribution in [0.15, 0.2) is 71.7 Å². The van der Waals surface area contributed by atoms with Crippen LogP contribution in [-0.2, 0) is 14.3 Å². The van der Waals surface area contributed by atoms with Gasteiger partial charge < -0.3 is 20.1 Å². The summed E-state index contributed by atoms with van der Waals surface area (Å²) in [5.74, 6) is 0.349. The fraction of sp³-hybridized carbons (Fsp3) is 0.217. The third kappa shape index (κ3) is 4.11. The largest absolute Gasteiger partial charge is 0.429 e. The number of dihydropyridines is 1. The second-order valence-corrected chi connectivity index (χ2v) is 8.12. The molecular formula is C23H21BrN2O4. The molecule has 154 valence electrons. The normalized spacial score (nSPS) is 22.2. The first kappa shape index (κ1) is 20.2. The Morgan fingerprint density at radius 1 is 1.03 bits per heavy atom. The van der Waals surface area contributed by atoms with Crippen LogP contribution in [0.4, 0.5) is 5.69 Å². The van der Waals surface area contributed by atoms with E-state index in [0.717, 1.165) is 22.5 Å². The minimum Gasteiger partial charge on any atom is -0.429 e. The van der Waals surface area contributed by atoms with Crippen molar-refractivity contribution in [2.45, 2.75) is 30.8 Å². The zero-order chi connectivity index (χ0) is 21.3. The number of para-hydroxylation sites is 1. The molecular weight excluding hydrogens is 448 g/mol. The number of halogens is 1. The van der Waals surface area contributed by atoms with Crippen LogP contribution in [0.3, 0.4) is 0 Å². The lowest BCUT2D eigenvalue weighted by molar-refractivity contribution is -0.137. The number of rotatable bonds is 4. The first-order valence-electron chi connectivity index (χ1n) is 9.57. The minimum atomic E-state index is -0.365. The summed E-state index contributed by atoms with van der Waals surface area (Å²) in [4.78, 5) is 22.8. The third-order valence-electron chi connectivity index (χ3n) is 4.91. The molecule has 30 heavy (non-hydrogen) atoms. The van der Waals surface area contributed by atoms with Gasteiger partial charge in [-0.2, -0.15) is 0 Å². The fourth-order valence-corrected chi connectivity index (χ4v) is 4.21. The molecule has 0 fully saturated rings. The molecule has 2 N–H and O–H groups in total. The van der Waals surface area contributed by atoms with Gasteiger partial charge in [0.15, 0.2) is 5.75 Å². The van der Waals surface area contributed by atoms with Crippen LogP contribution in [0, 0.1) is 0 Å². The second-order valence-electron chi connectivity index (χ2n) is 7.13. The molecule has 1 aliphatic carbocycles. The quantitative estimate of drug-likeness (QED) is 0.395. The van der Waals surface area contributed by atoms with Crippen LogP contribution in [0.25, 0.3) is 6.08 Å². The molecule has 0 aromatic heterocycles. The third-order valence-corrected chi connectivity index (χ3v) is 5.98. The van der Waals surface area contributed by atoms with Crippen molar-refractivity contribution in [3.8, 4) is 5.75 Å². The van der Waals surface area contributed by atoms with Gasteiger partial charge in [-0.15, -0.1) is 0 Å². The lowest BCUT2D eigenvalue weighted by Gasteiger charge is -2.34. The highest BCUT2D eigenvalue weighted by Crippen LogP contribution is 2.36. The number of benzene rings is 1. The van der Waals surface area contributed by atoms with Gasteiger partial charge in [0.25, 0.3) is 0 Å². The van der Waals surface area contributed by atoms with E-state index in [1.165, 1.54) is 13.8 Å². The van der Waals surface area contributed by atoms with Crippen LogP contribution in [0.1, 0.15) is 19.4 Å². The Morgan fingerprint density at radius 3 is 2.60 bits per heavy atom. The van der Waals surface area contributed by atoms with Crippen molar-refractivity contribution in [2.24, 2.45) is 0 Å². The SMILES string of the molecule is CC(=O)OC1=CC=CC2=CC=C(C(Br)C3C=Cc4cccc(OC(C)=O)c4N3)NC21. The van der Waals surface area contributed by atoms with Crippen molar-refractivity contribution in [1.29, 1.82) is 0 Å². The summed E-state index contributed by atoms with van der Waals surface area (Å²) in [5.41, 5.74) is 3.69. The molecule has 0 spiro atoms. The van der Waals surface area contributed by atoms with E-state index in [1.807, 2.05) is 42.5 Å². The average molecular weight is 469 g/mol. The number of esters is 2. The Balaban J connectivity index is 1.55. The maximum atomic E-state index is 11.5. The molecule has 3 unspecified atom stereocenters. The second kappa shape index (κ2) is 8.36. The molecule has 3 atom stereocenters. The van der Waals surface area contributed by atoms with E-state index in [0.29, 0.717) is 11.5 Å². The van der Waals surface area contributed by atoms with E-state index in [-0.39, 0.29) is 28.8 Å². The van der Waals surface area contributed by atoms with Gasteiger partial charge in [0, 0.05) is 25.1 Å². The Labute approximate surface area is 183 Å². The summed E-state index contributed by atoms with van der Waals surface area (Å²) in [5, 5.41) is 6.93. The molecule has 7 heteroatoms. The molecule has 1 aromatic carbocycles. The number of alkyl halides is 1. The molecule has 3 aliphatic rings. The Kier molecular flexibility index (Phi) is 5.63. The van der Waals surface area contributed by atoms with Crippen molar-refractivity contribution >= 4 is 39.6 Å². The van der Waals surface area contributed by atoms with E-state index < -0.39 is 0 Å². The smallest absolute Gasteiger partial charge is 0.308 e. The van der Waals surface area contributed by atoms with Crippen molar-refractivity contribution in [2.75, 3.05) is 5.32 Å². The fourth-order valence-electron chi connectivity index (χ4n) is 3.62. The molecule has 0 amide bonds. The predicted octanol–water partition coefficient (Wildman–Crippen LogP) is 3.98. The maximum absolute atomic E-state index is 11.5. The summed E-state index contributed by atoms with van der Waals surface area (Å²) in [6.45, 7) is 2.78. The maximum Gasteiger partial charge on any atom is 0.308 e. The van der Waals surface area contributed by atoms with Gasteiger partial charge in [-0.3, -0.25) is 9.59 Å². The highest BCUT2D eigenvalue weighted by Gasteiger charge is 2.31. The number of fused-ring (bicyclic) bond motifs is 2. The van der Waals surface area contributed by atoms with Gasteiger partial charge in [-0.05, 0) is 23.8 Å². The lowest BCUT2D eigenvalue weighted by atomic mass is 9.94. The molecule has 2 aliphatic heterocycles. The van der Waals surface area contributed by atoms with Crippen LogP contribution in [-0.4, -0.2) is 28.8 Å². The van der Waals surface area contributed by atoms with Gasteiger partial charge in [-0.25, -0.2) is 0 Å². The average Bonchev–Trinajstić information content (AvgIpc) is 2.72. The van der Waals surface area contributed by atoms with Crippen LogP contribution in [0.5, 0.6) is 5.75 Å². The van der Waals surface area contributed by atoms with Gasteiger partial charge >= 0.3 is 11.9 Å². The van der Waals surface area contributed by atoms with E-state index in [9.17, 15) is 9.59 Å². The van der Waals surface area contributed by atoms with Crippen molar-refractivity contribution in [1.82, 2.24) is 5.32 Å². The van der Waals surface area contributed by atoms with Gasteiger partial charge in [0.2, 0.25) is 0 Å². The summed E-state index contributed by atoms with van der Waals surface area (Å²) < 4.78 is 10.7. The van der Waals surface area contributed by atoms with Gasteiger partial charge in [-0.1, -0.05) is 58.4 Å². The zero-order valence-electron chi connectivity index (χ0n) is 16.5. The number of nitrogens with one attached hydrogen (secondary N) is 2. The summed E-state index contributed by atoms with van der Waals surface area (Å²) in [6.07, 6.45) is 13.7. The lowest BCUT2D eigenvalue weighted by Crippen LogP contribution is -2.42. The number of carbonyl (C=O) groups excluding carboxylic acids is 2. The number of hydrogen-bond acceptors (Lipinski definition) is 6. The molecule has 0 saturated heterocycles. The van der Waals surface area contributed by atoms with Crippen LogP contribution in [0.2, 0.25) is 0 Å². The van der Waals surface area contributed by atoms with E-state index >= 15 is 0 Å². The Bertz CT molecular complexity index is 1050. The Morgan fingerprint density at radius 2 is 1.83 bits per heavy atom. The number of ether oxygens (including phenoxy) is 2. The highest BCUT2D eigenvalue weighted by molar-refractivity contribution is 9.09. The molecule has 0 saturated carbocycles. The monoisotopic (exact) mass is 468 g/mol. The first-order chi connectivity index (χ1) is 14.4. The molecule has 6 nitrogen and oxygen atoms in total. The molecule has 1 aromatic rings. The number of carbonyl (C=O) groups is 2. The van der Waals surface area contributed by atoms with Gasteiger partial charge in [0.1, 0.15) is 11.8 Å². The zero-order valence-corrected chi connectivity index (χ0v) is 18.1. The summed E-state index contributed by atoms with van der Waals surface area (Å²) in [6, 6.07) is 5.26. The van der Waals surface area contributed by atoms with Crippen molar-refractivity contribution in [3.63, 3.8) is 0 Å². The number of anilines is 1. The minimum absolute atomic E-state index is 0.0943. The molecule has 0 bridgehead atoms. The van der Waals surface area contributed by atoms with Gasteiger partial charge in [0.05, 0.1) is 16.6 Å². The predicted molar refractivity (Wildman–Crippen MR) is 119 cm³/mol. The van der Waals surface area contributed by atoms with E-state index in [2.05, 4.69) is 32.6 Å². The summed E-state index contributed by atoms with van der Waals surface area (Å²) in [7, 11) is 0. The Hall–Kier alpha value is -3.06. The van der Waals surface area contributed by atoms with Crippen molar-refractivity contribution < 1.29 is 19.1 Å². The highest BCUT2D eigenvalue weighted by atomic mass is 79.9. The topological polar surface area (TPSA) is 76.7 Å². The molecule has 4 rings (SSSR count).